The number of amides is 1. The number of benzene rings is 1. The molecule has 17 heavy (non-hydrogen) atoms. The Kier molecular flexibility index (Phi) is 3.57. The quantitative estimate of drug-likeness (QED) is 0.841. The lowest BCUT2D eigenvalue weighted by Crippen LogP contribution is -2.34. The summed E-state index contributed by atoms with van der Waals surface area (Å²) in [7, 11) is 1.84. The predicted molar refractivity (Wildman–Crippen MR) is 70.2 cm³/mol. The number of rotatable bonds is 3. The summed E-state index contributed by atoms with van der Waals surface area (Å²) in [5, 5.41) is 0.489. The summed E-state index contributed by atoms with van der Waals surface area (Å²) in [6.07, 6.45) is 3.77. The molecule has 0 heterocycles. The van der Waals surface area contributed by atoms with Crippen molar-refractivity contribution in [1.29, 1.82) is 0 Å². The van der Waals surface area contributed by atoms with Crippen molar-refractivity contribution in [2.45, 2.75) is 19.3 Å². The first-order valence-corrected chi connectivity index (χ1v) is 6.26. The normalized spacial score (nSPS) is 15.4. The van der Waals surface area contributed by atoms with E-state index in [9.17, 15) is 4.79 Å². The van der Waals surface area contributed by atoms with Crippen LogP contribution < -0.4 is 5.73 Å². The molecule has 2 N–H and O–H groups in total. The van der Waals surface area contributed by atoms with E-state index >= 15 is 0 Å². The number of anilines is 1. The minimum Gasteiger partial charge on any atom is -0.398 e. The Morgan fingerprint density at radius 2 is 2.24 bits per heavy atom. The van der Waals surface area contributed by atoms with Crippen molar-refractivity contribution in [3.8, 4) is 0 Å². The Bertz CT molecular complexity index is 429. The van der Waals surface area contributed by atoms with Gasteiger partial charge in [-0.1, -0.05) is 18.0 Å². The minimum absolute atomic E-state index is 0.0141. The van der Waals surface area contributed by atoms with E-state index in [2.05, 4.69) is 0 Å². The first kappa shape index (κ1) is 12.2. The molecule has 1 aromatic carbocycles. The van der Waals surface area contributed by atoms with Crippen LogP contribution in [0.2, 0.25) is 5.02 Å². The molecule has 4 heteroatoms. The van der Waals surface area contributed by atoms with Gasteiger partial charge in [-0.3, -0.25) is 4.79 Å². The highest BCUT2D eigenvalue weighted by Crippen LogP contribution is 2.27. The van der Waals surface area contributed by atoms with E-state index in [4.69, 9.17) is 17.3 Å². The molecule has 0 radical (unpaired) electrons. The van der Waals surface area contributed by atoms with Crippen LogP contribution in [0.25, 0.3) is 0 Å². The van der Waals surface area contributed by atoms with Crippen molar-refractivity contribution >= 4 is 23.2 Å². The average Bonchev–Trinajstić information content (AvgIpc) is 2.26. The number of hydrogen-bond donors (Lipinski definition) is 1. The van der Waals surface area contributed by atoms with Crippen molar-refractivity contribution in [3.63, 3.8) is 0 Å². The minimum atomic E-state index is 0.0141. The monoisotopic (exact) mass is 252 g/mol. The topological polar surface area (TPSA) is 46.3 Å². The number of nitrogen functional groups attached to an aromatic ring is 1. The zero-order valence-electron chi connectivity index (χ0n) is 9.95. The van der Waals surface area contributed by atoms with Crippen LogP contribution in [0, 0.1) is 5.92 Å². The molecule has 0 unspecified atom stereocenters. The maximum absolute atomic E-state index is 12.1. The van der Waals surface area contributed by atoms with Gasteiger partial charge in [0.15, 0.2) is 0 Å². The van der Waals surface area contributed by atoms with Crippen molar-refractivity contribution < 1.29 is 4.79 Å². The fourth-order valence-corrected chi connectivity index (χ4v) is 2.16. The van der Waals surface area contributed by atoms with E-state index in [0.29, 0.717) is 22.2 Å². The second-order valence-electron chi connectivity index (χ2n) is 4.72. The van der Waals surface area contributed by atoms with Gasteiger partial charge in [0.2, 0.25) is 0 Å². The molecule has 92 valence electrons. The molecule has 0 atom stereocenters. The Balaban J connectivity index is 2.04. The summed E-state index contributed by atoms with van der Waals surface area (Å²) in [4.78, 5) is 13.9. The van der Waals surface area contributed by atoms with Crippen LogP contribution in [0.4, 0.5) is 5.69 Å². The zero-order chi connectivity index (χ0) is 12.4. The van der Waals surface area contributed by atoms with Crippen LogP contribution in [0.15, 0.2) is 18.2 Å². The third kappa shape index (κ3) is 2.72. The lowest BCUT2D eigenvalue weighted by atomic mass is 9.85. The first-order chi connectivity index (χ1) is 8.08. The Labute approximate surface area is 107 Å². The standard InChI is InChI=1S/C13H17ClN2O/c1-16(8-9-3-2-4-9)13(17)10-5-6-11(14)12(15)7-10/h5-7,9H,2-4,8,15H2,1H3. The lowest BCUT2D eigenvalue weighted by Gasteiger charge is -2.30. The van der Waals surface area contributed by atoms with Crippen LogP contribution in [0.3, 0.4) is 0 Å². The molecule has 1 aliphatic carbocycles. The number of nitrogens with zero attached hydrogens (tertiary/aromatic N) is 1. The van der Waals surface area contributed by atoms with Crippen LogP contribution in [-0.2, 0) is 0 Å². The van der Waals surface area contributed by atoms with Gasteiger partial charge in [-0.25, -0.2) is 0 Å². The number of carbonyl (C=O) groups is 1. The SMILES string of the molecule is CN(CC1CCC1)C(=O)c1ccc(Cl)c(N)c1. The molecule has 1 amide bonds. The summed E-state index contributed by atoms with van der Waals surface area (Å²) < 4.78 is 0. The molecule has 1 aliphatic rings. The molecule has 0 saturated heterocycles. The van der Waals surface area contributed by atoms with Crippen molar-refractivity contribution in [2.24, 2.45) is 5.92 Å². The van der Waals surface area contributed by atoms with Gasteiger partial charge in [0.05, 0.1) is 10.7 Å². The van der Waals surface area contributed by atoms with Crippen molar-refractivity contribution in [2.75, 3.05) is 19.3 Å². The highest BCUT2D eigenvalue weighted by atomic mass is 35.5. The lowest BCUT2D eigenvalue weighted by molar-refractivity contribution is 0.0745. The molecule has 0 aromatic heterocycles. The fraction of sp³-hybridized carbons (Fsp3) is 0.462. The van der Waals surface area contributed by atoms with Gasteiger partial charge in [0.1, 0.15) is 0 Å². The average molecular weight is 253 g/mol. The van der Waals surface area contributed by atoms with Crippen LogP contribution >= 0.6 is 11.6 Å². The summed E-state index contributed by atoms with van der Waals surface area (Å²) in [6.45, 7) is 0.835. The van der Waals surface area contributed by atoms with E-state index in [1.165, 1.54) is 19.3 Å². The molecule has 0 bridgehead atoms. The highest BCUT2D eigenvalue weighted by Gasteiger charge is 2.22. The third-order valence-corrected chi connectivity index (χ3v) is 3.69. The van der Waals surface area contributed by atoms with Gasteiger partial charge in [-0.15, -0.1) is 0 Å². The number of hydrogen-bond acceptors (Lipinski definition) is 2. The van der Waals surface area contributed by atoms with E-state index in [1.807, 2.05) is 7.05 Å². The maximum Gasteiger partial charge on any atom is 0.253 e. The fourth-order valence-electron chi connectivity index (χ4n) is 2.04. The van der Waals surface area contributed by atoms with E-state index in [-0.39, 0.29) is 5.91 Å². The Hall–Kier alpha value is -1.22. The second kappa shape index (κ2) is 4.96. The third-order valence-electron chi connectivity index (χ3n) is 3.35. The predicted octanol–water partition coefficient (Wildman–Crippen LogP) is 2.79. The second-order valence-corrected chi connectivity index (χ2v) is 5.13. The van der Waals surface area contributed by atoms with Crippen LogP contribution in [-0.4, -0.2) is 24.4 Å². The summed E-state index contributed by atoms with van der Waals surface area (Å²) in [6, 6.07) is 5.03. The van der Waals surface area contributed by atoms with Gasteiger partial charge < -0.3 is 10.6 Å². The van der Waals surface area contributed by atoms with Crippen LogP contribution in [0.5, 0.6) is 0 Å². The van der Waals surface area contributed by atoms with Crippen LogP contribution in [0.1, 0.15) is 29.6 Å². The molecular weight excluding hydrogens is 236 g/mol. The van der Waals surface area contributed by atoms with Gasteiger partial charge in [-0.2, -0.15) is 0 Å². The van der Waals surface area contributed by atoms with Gasteiger partial charge in [0.25, 0.3) is 5.91 Å². The number of nitrogens with two attached hydrogens (primary N) is 1. The smallest absolute Gasteiger partial charge is 0.253 e. The number of halogens is 1. The largest absolute Gasteiger partial charge is 0.398 e. The number of carbonyl (C=O) groups excluding carboxylic acids is 1. The highest BCUT2D eigenvalue weighted by molar-refractivity contribution is 6.33. The first-order valence-electron chi connectivity index (χ1n) is 5.88. The van der Waals surface area contributed by atoms with E-state index in [1.54, 1.807) is 23.1 Å². The van der Waals surface area contributed by atoms with E-state index < -0.39 is 0 Å². The molecule has 1 saturated carbocycles. The van der Waals surface area contributed by atoms with Crippen molar-refractivity contribution in [3.05, 3.63) is 28.8 Å². The Morgan fingerprint density at radius 1 is 1.53 bits per heavy atom. The molecule has 0 spiro atoms. The summed E-state index contributed by atoms with van der Waals surface area (Å²) in [5.74, 6) is 0.689. The molecule has 1 fully saturated rings. The summed E-state index contributed by atoms with van der Waals surface area (Å²) >= 11 is 5.83. The molecular formula is C13H17ClN2O. The molecule has 1 aromatic rings. The van der Waals surface area contributed by atoms with Gasteiger partial charge in [0, 0.05) is 19.2 Å². The molecule has 0 aliphatic heterocycles. The molecule has 3 nitrogen and oxygen atoms in total. The zero-order valence-corrected chi connectivity index (χ0v) is 10.7. The van der Waals surface area contributed by atoms with Gasteiger partial charge in [-0.05, 0) is 37.0 Å². The van der Waals surface area contributed by atoms with E-state index in [0.717, 1.165) is 6.54 Å². The van der Waals surface area contributed by atoms with Crippen molar-refractivity contribution in [1.82, 2.24) is 4.90 Å². The Morgan fingerprint density at radius 3 is 2.76 bits per heavy atom. The van der Waals surface area contributed by atoms with Gasteiger partial charge >= 0.3 is 0 Å². The summed E-state index contributed by atoms with van der Waals surface area (Å²) in [5.41, 5.74) is 6.75. The maximum atomic E-state index is 12.1. The molecule has 2 rings (SSSR count).